The molecule has 0 amide bonds. The highest BCUT2D eigenvalue weighted by atomic mass is 79.9. The highest BCUT2D eigenvalue weighted by molar-refractivity contribution is 9.10. The molecular weight excluding hydrogens is 311 g/mol. The molecule has 1 atom stereocenters. The molecule has 0 saturated carbocycles. The van der Waals surface area contributed by atoms with Crippen LogP contribution in [0.2, 0.25) is 0 Å². The minimum atomic E-state index is -2.97. The molecule has 0 N–H and O–H groups in total. The van der Waals surface area contributed by atoms with Gasteiger partial charge >= 0.3 is 0 Å². The molecule has 7 heteroatoms. The standard InChI is InChI=1S/C10H12BrFN2O2S/c1-14(8-2-3-17(15,16)6-8)10-9(12)4-7(11)5-13-10/h4-5,8H,2-3,6H2,1H3. The molecule has 1 aliphatic heterocycles. The number of hydrogen-bond acceptors (Lipinski definition) is 4. The average molecular weight is 323 g/mol. The summed E-state index contributed by atoms with van der Waals surface area (Å²) in [6.07, 6.45) is 2.02. The van der Waals surface area contributed by atoms with Crippen molar-refractivity contribution in [2.24, 2.45) is 0 Å². The van der Waals surface area contributed by atoms with Crippen LogP contribution >= 0.6 is 15.9 Å². The SMILES string of the molecule is CN(c1ncc(Br)cc1F)C1CCS(=O)(=O)C1. The van der Waals surface area contributed by atoms with Crippen molar-refractivity contribution >= 4 is 31.6 Å². The summed E-state index contributed by atoms with van der Waals surface area (Å²) in [7, 11) is -1.30. The Kier molecular flexibility index (Phi) is 3.40. The monoisotopic (exact) mass is 322 g/mol. The summed E-state index contributed by atoms with van der Waals surface area (Å²) in [6.45, 7) is 0. The normalized spacial score (nSPS) is 22.6. The fraction of sp³-hybridized carbons (Fsp3) is 0.500. The van der Waals surface area contributed by atoms with Gasteiger partial charge in [0, 0.05) is 23.8 Å². The third kappa shape index (κ3) is 2.77. The van der Waals surface area contributed by atoms with Crippen molar-refractivity contribution in [1.82, 2.24) is 4.98 Å². The smallest absolute Gasteiger partial charge is 0.166 e. The summed E-state index contributed by atoms with van der Waals surface area (Å²) in [5, 5.41) is 0. The van der Waals surface area contributed by atoms with Crippen LogP contribution in [0, 0.1) is 5.82 Å². The van der Waals surface area contributed by atoms with Crippen molar-refractivity contribution in [2.45, 2.75) is 12.5 Å². The van der Waals surface area contributed by atoms with Gasteiger partial charge in [-0.1, -0.05) is 0 Å². The van der Waals surface area contributed by atoms with Crippen LogP contribution < -0.4 is 4.90 Å². The van der Waals surface area contributed by atoms with Crippen molar-refractivity contribution < 1.29 is 12.8 Å². The maximum atomic E-state index is 13.7. The van der Waals surface area contributed by atoms with Crippen LogP contribution in [0.15, 0.2) is 16.7 Å². The lowest BCUT2D eigenvalue weighted by Crippen LogP contribution is -2.33. The number of halogens is 2. The van der Waals surface area contributed by atoms with E-state index in [1.54, 1.807) is 11.9 Å². The summed E-state index contributed by atoms with van der Waals surface area (Å²) >= 11 is 3.13. The Morgan fingerprint density at radius 3 is 2.82 bits per heavy atom. The van der Waals surface area contributed by atoms with Crippen LogP contribution in [0.25, 0.3) is 0 Å². The topological polar surface area (TPSA) is 50.3 Å². The zero-order chi connectivity index (χ0) is 12.6. The van der Waals surface area contributed by atoms with Gasteiger partial charge in [-0.3, -0.25) is 0 Å². The van der Waals surface area contributed by atoms with Gasteiger partial charge in [-0.05, 0) is 28.4 Å². The summed E-state index contributed by atoms with van der Waals surface area (Å²) in [6, 6.07) is 1.13. The van der Waals surface area contributed by atoms with Gasteiger partial charge in [-0.25, -0.2) is 17.8 Å². The van der Waals surface area contributed by atoms with Gasteiger partial charge in [0.05, 0.1) is 11.5 Å². The first-order chi connectivity index (χ1) is 7.89. The zero-order valence-electron chi connectivity index (χ0n) is 9.23. The molecule has 0 aliphatic carbocycles. The van der Waals surface area contributed by atoms with Gasteiger partial charge in [0.1, 0.15) is 0 Å². The third-order valence-electron chi connectivity index (χ3n) is 2.88. The molecular formula is C10H12BrFN2O2S. The summed E-state index contributed by atoms with van der Waals surface area (Å²) in [5.41, 5.74) is 0. The Balaban J connectivity index is 2.23. The molecule has 94 valence electrons. The van der Waals surface area contributed by atoms with Gasteiger partial charge < -0.3 is 4.90 Å². The largest absolute Gasteiger partial charge is 0.353 e. The molecule has 1 aliphatic rings. The van der Waals surface area contributed by atoms with Crippen LogP contribution in [0.1, 0.15) is 6.42 Å². The number of aromatic nitrogens is 1. The lowest BCUT2D eigenvalue weighted by Gasteiger charge is -2.24. The highest BCUT2D eigenvalue weighted by Crippen LogP contribution is 2.24. The second kappa shape index (κ2) is 4.53. The fourth-order valence-electron chi connectivity index (χ4n) is 1.92. The molecule has 2 heterocycles. The van der Waals surface area contributed by atoms with Gasteiger partial charge in [0.15, 0.2) is 21.5 Å². The predicted molar refractivity (Wildman–Crippen MR) is 67.4 cm³/mol. The first-order valence-corrected chi connectivity index (χ1v) is 7.75. The fourth-order valence-corrected chi connectivity index (χ4v) is 4.00. The van der Waals surface area contributed by atoms with E-state index in [2.05, 4.69) is 20.9 Å². The Hall–Kier alpha value is -0.690. The lowest BCUT2D eigenvalue weighted by molar-refractivity contribution is 0.592. The van der Waals surface area contributed by atoms with Crippen molar-refractivity contribution in [3.63, 3.8) is 0 Å². The lowest BCUT2D eigenvalue weighted by atomic mass is 10.2. The predicted octanol–water partition coefficient (Wildman–Crippen LogP) is 1.61. The maximum Gasteiger partial charge on any atom is 0.166 e. The molecule has 17 heavy (non-hydrogen) atoms. The molecule has 1 unspecified atom stereocenters. The Morgan fingerprint density at radius 1 is 1.59 bits per heavy atom. The molecule has 4 nitrogen and oxygen atoms in total. The molecule has 1 saturated heterocycles. The number of pyridine rings is 1. The van der Waals surface area contributed by atoms with E-state index in [0.29, 0.717) is 10.9 Å². The van der Waals surface area contributed by atoms with E-state index >= 15 is 0 Å². The van der Waals surface area contributed by atoms with E-state index in [1.165, 1.54) is 12.3 Å². The number of anilines is 1. The molecule has 1 fully saturated rings. The molecule has 1 aromatic rings. The molecule has 0 bridgehead atoms. The third-order valence-corrected chi connectivity index (χ3v) is 5.06. The second-order valence-corrected chi connectivity index (χ2v) is 7.27. The zero-order valence-corrected chi connectivity index (χ0v) is 11.6. The van der Waals surface area contributed by atoms with E-state index < -0.39 is 15.7 Å². The van der Waals surface area contributed by atoms with Gasteiger partial charge in [0.2, 0.25) is 0 Å². The van der Waals surface area contributed by atoms with E-state index in [4.69, 9.17) is 0 Å². The van der Waals surface area contributed by atoms with Crippen LogP contribution in [-0.4, -0.2) is 38.0 Å². The van der Waals surface area contributed by atoms with E-state index in [1.807, 2.05) is 0 Å². The van der Waals surface area contributed by atoms with Gasteiger partial charge in [-0.15, -0.1) is 0 Å². The van der Waals surface area contributed by atoms with E-state index in [-0.39, 0.29) is 23.4 Å². The van der Waals surface area contributed by atoms with Gasteiger partial charge in [-0.2, -0.15) is 0 Å². The van der Waals surface area contributed by atoms with Crippen molar-refractivity contribution in [1.29, 1.82) is 0 Å². The average Bonchev–Trinajstić information content (AvgIpc) is 2.58. The minimum absolute atomic E-state index is 0.0701. The van der Waals surface area contributed by atoms with Crippen LogP contribution in [0.3, 0.4) is 0 Å². The Morgan fingerprint density at radius 2 is 2.29 bits per heavy atom. The molecule has 1 aromatic heterocycles. The number of rotatable bonds is 2. The van der Waals surface area contributed by atoms with Crippen LogP contribution in [0.4, 0.5) is 10.2 Å². The Labute approximate surface area is 108 Å². The van der Waals surface area contributed by atoms with Crippen molar-refractivity contribution in [3.8, 4) is 0 Å². The molecule has 0 spiro atoms. The molecule has 0 radical (unpaired) electrons. The highest BCUT2D eigenvalue weighted by Gasteiger charge is 2.32. The van der Waals surface area contributed by atoms with E-state index in [0.717, 1.165) is 0 Å². The summed E-state index contributed by atoms with van der Waals surface area (Å²) < 4.78 is 37.0. The quantitative estimate of drug-likeness (QED) is 0.830. The minimum Gasteiger partial charge on any atom is -0.353 e. The van der Waals surface area contributed by atoms with Crippen molar-refractivity contribution in [3.05, 3.63) is 22.6 Å². The van der Waals surface area contributed by atoms with E-state index in [9.17, 15) is 12.8 Å². The second-order valence-electron chi connectivity index (χ2n) is 4.13. The van der Waals surface area contributed by atoms with Gasteiger partial charge in [0.25, 0.3) is 0 Å². The van der Waals surface area contributed by atoms with Crippen LogP contribution in [0.5, 0.6) is 0 Å². The number of nitrogens with zero attached hydrogens (tertiary/aromatic N) is 2. The molecule has 0 aromatic carbocycles. The maximum absolute atomic E-state index is 13.7. The summed E-state index contributed by atoms with van der Waals surface area (Å²) in [4.78, 5) is 5.58. The molecule has 2 rings (SSSR count). The summed E-state index contributed by atoms with van der Waals surface area (Å²) in [5.74, 6) is -0.0256. The number of hydrogen-bond donors (Lipinski definition) is 0. The first-order valence-electron chi connectivity index (χ1n) is 5.13. The first kappa shape index (κ1) is 12.8. The Bertz CT molecular complexity index is 535. The van der Waals surface area contributed by atoms with Crippen LogP contribution in [-0.2, 0) is 9.84 Å². The number of sulfone groups is 1. The van der Waals surface area contributed by atoms with Crippen molar-refractivity contribution in [2.75, 3.05) is 23.5 Å².